The molecule has 0 unspecified atom stereocenters. The molecule has 0 aliphatic carbocycles. The number of aromatic nitrogens is 2. The minimum absolute atomic E-state index is 0.437. The van der Waals surface area contributed by atoms with Crippen LogP contribution in [0, 0.1) is 6.92 Å². The summed E-state index contributed by atoms with van der Waals surface area (Å²) in [7, 11) is 3.25. The van der Waals surface area contributed by atoms with Gasteiger partial charge in [0, 0.05) is 24.3 Å². The van der Waals surface area contributed by atoms with Crippen LogP contribution in [0.25, 0.3) is 11.1 Å². The number of hydrogen-bond donors (Lipinski definition) is 1. The highest BCUT2D eigenvalue weighted by Crippen LogP contribution is 2.36. The van der Waals surface area contributed by atoms with Crippen molar-refractivity contribution in [3.8, 4) is 22.6 Å². The van der Waals surface area contributed by atoms with Crippen molar-refractivity contribution < 1.29 is 9.47 Å². The van der Waals surface area contributed by atoms with E-state index in [4.69, 9.17) is 15.2 Å². The summed E-state index contributed by atoms with van der Waals surface area (Å²) in [5.74, 6) is 1.39. The van der Waals surface area contributed by atoms with Crippen molar-refractivity contribution in [1.29, 1.82) is 0 Å². The average molecular weight is 275 g/mol. The molecule has 0 saturated carbocycles. The molecule has 0 aliphatic rings. The van der Waals surface area contributed by atoms with E-state index in [1.54, 1.807) is 14.2 Å². The second-order valence-electron chi connectivity index (χ2n) is 4.53. The highest BCUT2D eigenvalue weighted by molar-refractivity contribution is 5.72. The van der Waals surface area contributed by atoms with Gasteiger partial charge in [-0.05, 0) is 37.1 Å². The molecule has 5 nitrogen and oxygen atoms in total. The fraction of sp³-hybridized carbons (Fsp3) is 0.400. The first-order valence-electron chi connectivity index (χ1n) is 6.64. The first-order valence-corrected chi connectivity index (χ1v) is 6.64. The summed E-state index contributed by atoms with van der Waals surface area (Å²) in [6, 6.07) is 3.89. The quantitative estimate of drug-likeness (QED) is 0.910. The molecule has 2 N–H and O–H groups in total. The Bertz CT molecular complexity index is 605. The Kier molecular flexibility index (Phi) is 4.29. The standard InChI is InChI=1S/C15H21N3O2/c1-5-18-10(2)13(9-17-18)12-7-15(20-4)14(19-3)6-11(12)8-16/h6-7,9H,5,8,16H2,1-4H3. The number of methoxy groups -OCH3 is 2. The topological polar surface area (TPSA) is 62.3 Å². The zero-order valence-electron chi connectivity index (χ0n) is 12.4. The lowest BCUT2D eigenvalue weighted by molar-refractivity contribution is 0.354. The molecule has 0 atom stereocenters. The summed E-state index contributed by atoms with van der Waals surface area (Å²) < 4.78 is 12.7. The number of nitrogens with zero attached hydrogens (tertiary/aromatic N) is 2. The molecule has 0 amide bonds. The third-order valence-electron chi connectivity index (χ3n) is 3.52. The molecule has 1 heterocycles. The minimum Gasteiger partial charge on any atom is -0.493 e. The van der Waals surface area contributed by atoms with Crippen LogP contribution in [0.3, 0.4) is 0 Å². The van der Waals surface area contributed by atoms with E-state index >= 15 is 0 Å². The molecule has 1 aromatic heterocycles. The Labute approximate surface area is 119 Å². The van der Waals surface area contributed by atoms with Gasteiger partial charge >= 0.3 is 0 Å². The van der Waals surface area contributed by atoms with Gasteiger partial charge < -0.3 is 15.2 Å². The number of rotatable bonds is 5. The molecule has 0 bridgehead atoms. The van der Waals surface area contributed by atoms with Gasteiger partial charge in [-0.1, -0.05) is 0 Å². The van der Waals surface area contributed by atoms with Crippen LogP contribution in [0.2, 0.25) is 0 Å². The molecule has 0 fully saturated rings. The van der Waals surface area contributed by atoms with E-state index in [2.05, 4.69) is 18.9 Å². The van der Waals surface area contributed by atoms with E-state index in [0.717, 1.165) is 28.9 Å². The molecule has 0 saturated heterocycles. The van der Waals surface area contributed by atoms with Gasteiger partial charge in [-0.3, -0.25) is 4.68 Å². The van der Waals surface area contributed by atoms with Crippen molar-refractivity contribution in [3.05, 3.63) is 29.6 Å². The smallest absolute Gasteiger partial charge is 0.161 e. The Morgan fingerprint density at radius 1 is 1.15 bits per heavy atom. The predicted octanol–water partition coefficient (Wildman–Crippen LogP) is 2.35. The highest BCUT2D eigenvalue weighted by Gasteiger charge is 2.15. The number of ether oxygens (including phenoxy) is 2. The minimum atomic E-state index is 0.437. The molecule has 2 aromatic rings. The van der Waals surface area contributed by atoms with E-state index in [9.17, 15) is 0 Å². The number of aryl methyl sites for hydroxylation is 1. The van der Waals surface area contributed by atoms with Crippen molar-refractivity contribution in [3.63, 3.8) is 0 Å². The van der Waals surface area contributed by atoms with Crippen LogP contribution in [-0.4, -0.2) is 24.0 Å². The van der Waals surface area contributed by atoms with Gasteiger partial charge in [-0.25, -0.2) is 0 Å². The van der Waals surface area contributed by atoms with Gasteiger partial charge in [0.2, 0.25) is 0 Å². The van der Waals surface area contributed by atoms with Crippen LogP contribution in [0.15, 0.2) is 18.3 Å². The molecule has 2 rings (SSSR count). The van der Waals surface area contributed by atoms with E-state index < -0.39 is 0 Å². The van der Waals surface area contributed by atoms with Crippen LogP contribution in [0.1, 0.15) is 18.2 Å². The second kappa shape index (κ2) is 5.96. The van der Waals surface area contributed by atoms with Crippen LogP contribution >= 0.6 is 0 Å². The van der Waals surface area contributed by atoms with Crippen molar-refractivity contribution >= 4 is 0 Å². The van der Waals surface area contributed by atoms with Gasteiger partial charge in [0.05, 0.1) is 20.4 Å². The Morgan fingerprint density at radius 2 is 1.80 bits per heavy atom. The molecule has 0 aliphatic heterocycles. The van der Waals surface area contributed by atoms with Crippen molar-refractivity contribution in [2.75, 3.05) is 14.2 Å². The van der Waals surface area contributed by atoms with Crippen LogP contribution in [0.5, 0.6) is 11.5 Å². The second-order valence-corrected chi connectivity index (χ2v) is 4.53. The van der Waals surface area contributed by atoms with Crippen molar-refractivity contribution in [1.82, 2.24) is 9.78 Å². The summed E-state index contributed by atoms with van der Waals surface area (Å²) in [6.07, 6.45) is 1.87. The molecule has 5 heteroatoms. The Morgan fingerprint density at radius 3 is 2.30 bits per heavy atom. The van der Waals surface area contributed by atoms with Gasteiger partial charge in [0.1, 0.15) is 0 Å². The zero-order valence-corrected chi connectivity index (χ0v) is 12.4. The maximum atomic E-state index is 5.87. The van der Waals surface area contributed by atoms with Gasteiger partial charge in [-0.2, -0.15) is 5.10 Å². The molecular weight excluding hydrogens is 254 g/mol. The predicted molar refractivity (Wildman–Crippen MR) is 79.1 cm³/mol. The third-order valence-corrected chi connectivity index (χ3v) is 3.52. The van der Waals surface area contributed by atoms with E-state index in [1.807, 2.05) is 23.0 Å². The lowest BCUT2D eigenvalue weighted by Crippen LogP contribution is -2.03. The molecule has 0 radical (unpaired) electrons. The summed E-state index contributed by atoms with van der Waals surface area (Å²) >= 11 is 0. The third kappa shape index (κ3) is 2.36. The van der Waals surface area contributed by atoms with Crippen molar-refractivity contribution in [2.45, 2.75) is 26.9 Å². The molecule has 20 heavy (non-hydrogen) atoms. The maximum Gasteiger partial charge on any atom is 0.161 e. The fourth-order valence-electron chi connectivity index (χ4n) is 2.37. The fourth-order valence-corrected chi connectivity index (χ4v) is 2.37. The van der Waals surface area contributed by atoms with E-state index in [1.165, 1.54) is 0 Å². The summed E-state index contributed by atoms with van der Waals surface area (Å²) in [6.45, 7) is 5.41. The van der Waals surface area contributed by atoms with E-state index in [-0.39, 0.29) is 0 Å². The molecular formula is C15H21N3O2. The van der Waals surface area contributed by atoms with Gasteiger partial charge in [0.25, 0.3) is 0 Å². The summed E-state index contributed by atoms with van der Waals surface area (Å²) in [5.41, 5.74) is 10.1. The number of benzene rings is 1. The zero-order chi connectivity index (χ0) is 14.7. The summed E-state index contributed by atoms with van der Waals surface area (Å²) in [4.78, 5) is 0. The highest BCUT2D eigenvalue weighted by atomic mass is 16.5. The van der Waals surface area contributed by atoms with Crippen LogP contribution in [0.4, 0.5) is 0 Å². The molecule has 108 valence electrons. The first kappa shape index (κ1) is 14.4. The van der Waals surface area contributed by atoms with Crippen molar-refractivity contribution in [2.24, 2.45) is 5.73 Å². The number of nitrogens with two attached hydrogens (primary N) is 1. The first-order chi connectivity index (χ1) is 9.65. The SMILES string of the molecule is CCn1ncc(-c2cc(OC)c(OC)cc2CN)c1C. The largest absolute Gasteiger partial charge is 0.493 e. The Balaban J connectivity index is 2.62. The lowest BCUT2D eigenvalue weighted by Gasteiger charge is -2.14. The van der Waals surface area contributed by atoms with E-state index in [0.29, 0.717) is 18.0 Å². The molecule has 1 aromatic carbocycles. The Hall–Kier alpha value is -2.01. The average Bonchev–Trinajstić information content (AvgIpc) is 2.86. The van der Waals surface area contributed by atoms with Gasteiger partial charge in [-0.15, -0.1) is 0 Å². The number of hydrogen-bond acceptors (Lipinski definition) is 4. The molecule has 0 spiro atoms. The van der Waals surface area contributed by atoms with Crippen LogP contribution in [-0.2, 0) is 13.1 Å². The monoisotopic (exact) mass is 275 g/mol. The summed E-state index contributed by atoms with van der Waals surface area (Å²) in [5, 5.41) is 4.39. The maximum absolute atomic E-state index is 5.87. The van der Waals surface area contributed by atoms with Crippen LogP contribution < -0.4 is 15.2 Å². The lowest BCUT2D eigenvalue weighted by atomic mass is 9.99. The normalized spacial score (nSPS) is 10.7. The van der Waals surface area contributed by atoms with Gasteiger partial charge in [0.15, 0.2) is 11.5 Å².